The van der Waals surface area contributed by atoms with Gasteiger partial charge in [-0.05, 0) is 42.2 Å². The number of morpholine rings is 1. The molecule has 5 heteroatoms. The van der Waals surface area contributed by atoms with Crippen molar-refractivity contribution in [3.8, 4) is 6.07 Å². The number of ether oxygens (including phenoxy) is 1. The minimum Gasteiger partial charge on any atom is -0.389 e. The summed E-state index contributed by atoms with van der Waals surface area (Å²) >= 11 is 0. The summed E-state index contributed by atoms with van der Waals surface area (Å²) in [6, 6.07) is 16.8. The number of nitrogens with zero attached hydrogens (tertiary/aromatic N) is 2. The Labute approximate surface area is 158 Å². The van der Waals surface area contributed by atoms with Crippen LogP contribution in [0.15, 0.2) is 48.5 Å². The Morgan fingerprint density at radius 1 is 1.15 bits per heavy atom. The maximum Gasteiger partial charge on any atom is 0.123 e. The lowest BCUT2D eigenvalue weighted by Crippen LogP contribution is -2.61. The van der Waals surface area contributed by atoms with Gasteiger partial charge in [-0.2, -0.15) is 5.26 Å². The van der Waals surface area contributed by atoms with Crippen molar-refractivity contribution < 1.29 is 14.2 Å². The van der Waals surface area contributed by atoms with E-state index in [0.717, 1.165) is 6.54 Å². The molecule has 0 amide bonds. The summed E-state index contributed by atoms with van der Waals surface area (Å²) in [5, 5.41) is 20.6. The minimum atomic E-state index is -0.953. The van der Waals surface area contributed by atoms with Crippen LogP contribution in [0.5, 0.6) is 0 Å². The van der Waals surface area contributed by atoms with Crippen LogP contribution in [0.3, 0.4) is 0 Å². The summed E-state index contributed by atoms with van der Waals surface area (Å²) in [6.07, 6.45) is 1.40. The molecule has 2 unspecified atom stereocenters. The van der Waals surface area contributed by atoms with Crippen LogP contribution >= 0.6 is 0 Å². The molecule has 2 atom stereocenters. The Morgan fingerprint density at radius 2 is 1.85 bits per heavy atom. The predicted molar refractivity (Wildman–Crippen MR) is 99.4 cm³/mol. The van der Waals surface area contributed by atoms with Gasteiger partial charge in [-0.3, -0.25) is 4.90 Å². The fourth-order valence-electron chi connectivity index (χ4n) is 4.51. The summed E-state index contributed by atoms with van der Waals surface area (Å²) in [7, 11) is 0. The highest BCUT2D eigenvalue weighted by molar-refractivity contribution is 5.39. The Morgan fingerprint density at radius 3 is 2.52 bits per heavy atom. The van der Waals surface area contributed by atoms with Crippen molar-refractivity contribution in [3.63, 3.8) is 0 Å². The number of aliphatic hydroxyl groups is 1. The smallest absolute Gasteiger partial charge is 0.123 e. The highest BCUT2D eigenvalue weighted by Crippen LogP contribution is 2.38. The average Bonchev–Trinajstić information content (AvgIpc) is 2.64. The lowest BCUT2D eigenvalue weighted by atomic mass is 9.77. The molecular weight excluding hydrogens is 343 g/mol. The van der Waals surface area contributed by atoms with Gasteiger partial charge in [0.2, 0.25) is 0 Å². The van der Waals surface area contributed by atoms with Crippen molar-refractivity contribution >= 4 is 0 Å². The van der Waals surface area contributed by atoms with Crippen LogP contribution in [-0.4, -0.2) is 40.9 Å². The first kappa shape index (κ1) is 18.1. The van der Waals surface area contributed by atoms with E-state index in [1.165, 1.54) is 23.8 Å². The van der Waals surface area contributed by atoms with Crippen LogP contribution in [0.4, 0.5) is 4.39 Å². The zero-order valence-corrected chi connectivity index (χ0v) is 15.1. The van der Waals surface area contributed by atoms with Gasteiger partial charge in [0.05, 0.1) is 30.4 Å². The molecule has 2 heterocycles. The molecule has 2 aliphatic heterocycles. The molecule has 4 rings (SSSR count). The Kier molecular flexibility index (Phi) is 4.96. The Hall–Kier alpha value is -2.26. The van der Waals surface area contributed by atoms with Crippen molar-refractivity contribution in [1.82, 2.24) is 4.90 Å². The van der Waals surface area contributed by atoms with E-state index in [0.29, 0.717) is 43.6 Å². The highest BCUT2D eigenvalue weighted by atomic mass is 19.1. The molecule has 0 spiro atoms. The quantitative estimate of drug-likeness (QED) is 0.904. The second-order valence-electron chi connectivity index (χ2n) is 7.73. The van der Waals surface area contributed by atoms with Crippen molar-refractivity contribution in [2.45, 2.75) is 43.5 Å². The summed E-state index contributed by atoms with van der Waals surface area (Å²) < 4.78 is 19.4. The molecule has 140 valence electrons. The molecule has 2 bridgehead atoms. The lowest BCUT2D eigenvalue weighted by Gasteiger charge is -2.52. The van der Waals surface area contributed by atoms with Crippen LogP contribution in [0, 0.1) is 17.1 Å². The van der Waals surface area contributed by atoms with Crippen molar-refractivity contribution in [1.29, 1.82) is 5.26 Å². The van der Waals surface area contributed by atoms with Crippen molar-refractivity contribution in [2.75, 3.05) is 13.2 Å². The molecule has 1 N–H and O–H groups in total. The van der Waals surface area contributed by atoms with E-state index in [-0.39, 0.29) is 17.9 Å². The molecule has 0 radical (unpaired) electrons. The van der Waals surface area contributed by atoms with E-state index in [2.05, 4.69) is 23.1 Å². The highest BCUT2D eigenvalue weighted by Gasteiger charge is 2.46. The van der Waals surface area contributed by atoms with Gasteiger partial charge in [-0.15, -0.1) is 0 Å². The largest absolute Gasteiger partial charge is 0.389 e. The number of halogens is 1. The first-order valence-corrected chi connectivity index (χ1v) is 9.35. The average molecular weight is 366 g/mol. The molecule has 2 fully saturated rings. The van der Waals surface area contributed by atoms with Gasteiger partial charge >= 0.3 is 0 Å². The van der Waals surface area contributed by atoms with Gasteiger partial charge < -0.3 is 9.84 Å². The molecule has 4 nitrogen and oxygen atoms in total. The van der Waals surface area contributed by atoms with Crippen LogP contribution in [0.2, 0.25) is 0 Å². The molecule has 27 heavy (non-hydrogen) atoms. The lowest BCUT2D eigenvalue weighted by molar-refractivity contribution is -0.145. The van der Waals surface area contributed by atoms with Crippen molar-refractivity contribution in [2.24, 2.45) is 0 Å². The molecule has 0 aliphatic carbocycles. The van der Waals surface area contributed by atoms with Crippen LogP contribution in [0.25, 0.3) is 0 Å². The summed E-state index contributed by atoms with van der Waals surface area (Å²) in [5.41, 5.74) is 1.30. The van der Waals surface area contributed by atoms with Gasteiger partial charge in [0.15, 0.2) is 0 Å². The number of hydrogen-bond donors (Lipinski definition) is 1. The summed E-state index contributed by atoms with van der Waals surface area (Å²) in [5.74, 6) is -0.377. The first-order chi connectivity index (χ1) is 13.1. The van der Waals surface area contributed by atoms with Gasteiger partial charge in [-0.1, -0.05) is 30.3 Å². The van der Waals surface area contributed by atoms with E-state index < -0.39 is 5.60 Å². The number of fused-ring (bicyclic) bond motifs is 2. The monoisotopic (exact) mass is 366 g/mol. The molecule has 0 aromatic heterocycles. The third-order valence-electron chi connectivity index (χ3n) is 5.70. The Balaban J connectivity index is 1.54. The third kappa shape index (κ3) is 3.89. The summed E-state index contributed by atoms with van der Waals surface area (Å²) in [4.78, 5) is 2.42. The van der Waals surface area contributed by atoms with Crippen molar-refractivity contribution in [3.05, 3.63) is 71.0 Å². The fraction of sp³-hybridized carbons (Fsp3) is 0.409. The summed E-state index contributed by atoms with van der Waals surface area (Å²) in [6.45, 7) is 2.00. The van der Waals surface area contributed by atoms with Gasteiger partial charge in [0, 0.05) is 25.0 Å². The van der Waals surface area contributed by atoms with Crippen LogP contribution in [0.1, 0.15) is 29.5 Å². The van der Waals surface area contributed by atoms with Gasteiger partial charge in [0.1, 0.15) is 5.82 Å². The first-order valence-electron chi connectivity index (χ1n) is 9.35. The SMILES string of the molecule is N#Cc1ccc(F)cc1CC1(O)CC2COCC(C1)N2Cc1ccccc1. The van der Waals surface area contributed by atoms with E-state index in [9.17, 15) is 14.8 Å². The van der Waals surface area contributed by atoms with Gasteiger partial charge in [-0.25, -0.2) is 4.39 Å². The van der Waals surface area contributed by atoms with Crippen LogP contribution < -0.4 is 0 Å². The molecule has 2 aliphatic rings. The molecular formula is C22H23FN2O2. The van der Waals surface area contributed by atoms with Crippen LogP contribution in [-0.2, 0) is 17.7 Å². The molecule has 0 saturated carbocycles. The predicted octanol–water partition coefficient (Wildman–Crippen LogP) is 3.03. The number of benzene rings is 2. The Bertz CT molecular complexity index is 835. The van der Waals surface area contributed by atoms with E-state index in [1.54, 1.807) is 0 Å². The maximum absolute atomic E-state index is 13.7. The van der Waals surface area contributed by atoms with E-state index >= 15 is 0 Å². The molecule has 2 aromatic rings. The standard InChI is InChI=1S/C22H23FN2O2/c23-19-7-6-17(12-24)18(8-19)9-22(26)10-20-14-27-15-21(11-22)25(20)13-16-4-2-1-3-5-16/h1-8,20-21,26H,9-11,13-15H2. The zero-order valence-electron chi connectivity index (χ0n) is 15.1. The number of hydrogen-bond acceptors (Lipinski definition) is 4. The number of rotatable bonds is 4. The van der Waals surface area contributed by atoms with Gasteiger partial charge in [0.25, 0.3) is 0 Å². The fourth-order valence-corrected chi connectivity index (χ4v) is 4.51. The second-order valence-corrected chi connectivity index (χ2v) is 7.73. The third-order valence-corrected chi connectivity index (χ3v) is 5.70. The molecule has 2 saturated heterocycles. The maximum atomic E-state index is 13.7. The zero-order chi connectivity index (χ0) is 18.9. The number of piperidine rings is 1. The minimum absolute atomic E-state index is 0.113. The second kappa shape index (κ2) is 7.40. The van der Waals surface area contributed by atoms with E-state index in [4.69, 9.17) is 4.74 Å². The topological polar surface area (TPSA) is 56.5 Å². The van der Waals surface area contributed by atoms with E-state index in [1.807, 2.05) is 18.2 Å². The number of nitriles is 1. The normalized spacial score (nSPS) is 27.9. The molecule has 2 aromatic carbocycles.